The molecule has 0 unspecified atom stereocenters. The molecular formula is C25H34N2O2S. The lowest BCUT2D eigenvalue weighted by molar-refractivity contribution is -0.139. The van der Waals surface area contributed by atoms with Gasteiger partial charge in [0.25, 0.3) is 0 Å². The number of carbonyl (C=O) groups excluding carboxylic acids is 2. The van der Waals surface area contributed by atoms with Crippen molar-refractivity contribution in [1.82, 2.24) is 10.2 Å². The summed E-state index contributed by atoms with van der Waals surface area (Å²) in [6.07, 6.45) is 1.47. The van der Waals surface area contributed by atoms with E-state index in [0.29, 0.717) is 25.3 Å². The summed E-state index contributed by atoms with van der Waals surface area (Å²) < 4.78 is 0. The van der Waals surface area contributed by atoms with Crippen LogP contribution in [0.25, 0.3) is 0 Å². The number of benzene rings is 2. The zero-order valence-electron chi connectivity index (χ0n) is 18.6. The number of hydrogen-bond acceptors (Lipinski definition) is 3. The number of nitrogens with one attached hydrogen (secondary N) is 1. The molecule has 2 aromatic carbocycles. The Balaban J connectivity index is 2.10. The number of hydrogen-bond donors (Lipinski definition) is 1. The third-order valence-electron chi connectivity index (χ3n) is 4.99. The predicted octanol–water partition coefficient (Wildman–Crippen LogP) is 4.87. The van der Waals surface area contributed by atoms with E-state index < -0.39 is 6.04 Å². The van der Waals surface area contributed by atoms with E-state index in [-0.39, 0.29) is 11.8 Å². The molecule has 0 aromatic heterocycles. The summed E-state index contributed by atoms with van der Waals surface area (Å²) >= 11 is 1.60. The summed E-state index contributed by atoms with van der Waals surface area (Å²) in [5, 5.41) is 2.96. The number of rotatable bonds is 11. The normalized spacial score (nSPS) is 11.7. The van der Waals surface area contributed by atoms with Crippen LogP contribution >= 0.6 is 11.8 Å². The fourth-order valence-electron chi connectivity index (χ4n) is 3.32. The molecule has 0 aliphatic heterocycles. The van der Waals surface area contributed by atoms with Crippen molar-refractivity contribution in [2.75, 3.05) is 12.3 Å². The van der Waals surface area contributed by atoms with Gasteiger partial charge in [0.15, 0.2) is 0 Å². The molecule has 2 amide bonds. The van der Waals surface area contributed by atoms with Gasteiger partial charge in [0.05, 0.1) is 5.75 Å². The molecule has 0 fully saturated rings. The standard InChI is InChI=1S/C25H34N2O2S/c1-5-14-26-25(29)23(6-2)27(16-21-12-10-19(3)11-13-21)24(28)18-30-17-22-9-7-8-20(4)15-22/h7-13,15,23H,5-6,14,16-18H2,1-4H3,(H,26,29)/t23-/m0/s1. The fourth-order valence-corrected chi connectivity index (χ4v) is 4.17. The largest absolute Gasteiger partial charge is 0.354 e. The third kappa shape index (κ3) is 7.52. The lowest BCUT2D eigenvalue weighted by Crippen LogP contribution is -2.49. The minimum Gasteiger partial charge on any atom is -0.354 e. The van der Waals surface area contributed by atoms with Gasteiger partial charge in [-0.25, -0.2) is 0 Å². The van der Waals surface area contributed by atoms with Crippen LogP contribution in [-0.4, -0.2) is 35.1 Å². The molecule has 30 heavy (non-hydrogen) atoms. The quantitative estimate of drug-likeness (QED) is 0.558. The highest BCUT2D eigenvalue weighted by molar-refractivity contribution is 7.99. The molecule has 1 N–H and O–H groups in total. The molecule has 0 saturated heterocycles. The molecule has 2 rings (SSSR count). The van der Waals surface area contributed by atoms with Crippen molar-refractivity contribution in [3.63, 3.8) is 0 Å². The van der Waals surface area contributed by atoms with Crippen LogP contribution in [0.3, 0.4) is 0 Å². The summed E-state index contributed by atoms with van der Waals surface area (Å²) in [5.41, 5.74) is 4.65. The van der Waals surface area contributed by atoms with Gasteiger partial charge in [-0.05, 0) is 37.8 Å². The van der Waals surface area contributed by atoms with Crippen molar-refractivity contribution in [3.8, 4) is 0 Å². The van der Waals surface area contributed by atoms with E-state index in [0.717, 1.165) is 17.7 Å². The van der Waals surface area contributed by atoms with E-state index in [2.05, 4.69) is 30.4 Å². The summed E-state index contributed by atoms with van der Waals surface area (Å²) in [5.74, 6) is 1.08. The van der Waals surface area contributed by atoms with Crippen LogP contribution in [0.1, 0.15) is 48.9 Å². The first-order valence-electron chi connectivity index (χ1n) is 10.7. The smallest absolute Gasteiger partial charge is 0.242 e. The molecule has 0 aliphatic carbocycles. The van der Waals surface area contributed by atoms with Crippen molar-refractivity contribution in [1.29, 1.82) is 0 Å². The first kappa shape index (κ1) is 24.0. The number of thioether (sulfide) groups is 1. The van der Waals surface area contributed by atoms with Gasteiger partial charge in [-0.3, -0.25) is 9.59 Å². The highest BCUT2D eigenvalue weighted by atomic mass is 32.2. The van der Waals surface area contributed by atoms with Crippen LogP contribution in [0, 0.1) is 13.8 Å². The molecule has 0 bridgehead atoms. The summed E-state index contributed by atoms with van der Waals surface area (Å²) in [7, 11) is 0. The second kappa shape index (κ2) is 12.4. The molecule has 0 heterocycles. The number of amides is 2. The Morgan fingerprint density at radius 1 is 1.00 bits per heavy atom. The minimum atomic E-state index is -0.454. The SMILES string of the molecule is CCCNC(=O)[C@H](CC)N(Cc1ccc(C)cc1)C(=O)CSCc1cccc(C)c1. The van der Waals surface area contributed by atoms with Crippen molar-refractivity contribution < 1.29 is 9.59 Å². The van der Waals surface area contributed by atoms with E-state index in [1.807, 2.05) is 51.1 Å². The second-order valence-corrected chi connectivity index (χ2v) is 8.69. The van der Waals surface area contributed by atoms with Crippen LogP contribution in [0.15, 0.2) is 48.5 Å². The minimum absolute atomic E-state index is 0.00623. The topological polar surface area (TPSA) is 49.4 Å². The average molecular weight is 427 g/mol. The Bertz CT molecular complexity index is 820. The number of nitrogens with zero attached hydrogens (tertiary/aromatic N) is 1. The predicted molar refractivity (Wildman–Crippen MR) is 126 cm³/mol. The maximum atomic E-state index is 13.2. The Morgan fingerprint density at radius 3 is 2.37 bits per heavy atom. The second-order valence-electron chi connectivity index (χ2n) is 7.70. The van der Waals surface area contributed by atoms with Crippen LogP contribution in [0.5, 0.6) is 0 Å². The molecule has 2 aromatic rings. The molecule has 0 aliphatic rings. The van der Waals surface area contributed by atoms with E-state index in [9.17, 15) is 9.59 Å². The van der Waals surface area contributed by atoms with Crippen LogP contribution in [0.2, 0.25) is 0 Å². The summed E-state index contributed by atoms with van der Waals surface area (Å²) in [6, 6.07) is 16.1. The third-order valence-corrected chi connectivity index (χ3v) is 5.97. The van der Waals surface area contributed by atoms with Crippen LogP contribution < -0.4 is 5.32 Å². The molecule has 162 valence electrons. The van der Waals surface area contributed by atoms with Crippen molar-refractivity contribution in [2.24, 2.45) is 0 Å². The van der Waals surface area contributed by atoms with Gasteiger partial charge >= 0.3 is 0 Å². The first-order valence-corrected chi connectivity index (χ1v) is 11.9. The van der Waals surface area contributed by atoms with Gasteiger partial charge < -0.3 is 10.2 Å². The maximum Gasteiger partial charge on any atom is 0.242 e. The highest BCUT2D eigenvalue weighted by Crippen LogP contribution is 2.18. The maximum absolute atomic E-state index is 13.2. The number of aryl methyl sites for hydroxylation is 2. The van der Waals surface area contributed by atoms with Gasteiger partial charge in [0.2, 0.25) is 11.8 Å². The Labute approximate surface area is 185 Å². The number of carbonyl (C=O) groups is 2. The van der Waals surface area contributed by atoms with Gasteiger partial charge in [0.1, 0.15) is 6.04 Å². The molecule has 5 heteroatoms. The molecule has 4 nitrogen and oxygen atoms in total. The van der Waals surface area contributed by atoms with E-state index >= 15 is 0 Å². The summed E-state index contributed by atoms with van der Waals surface area (Å²) in [6.45, 7) is 9.18. The lowest BCUT2D eigenvalue weighted by atomic mass is 10.1. The van der Waals surface area contributed by atoms with E-state index in [4.69, 9.17) is 0 Å². The van der Waals surface area contributed by atoms with Gasteiger partial charge in [-0.15, -0.1) is 11.8 Å². The molecular weight excluding hydrogens is 392 g/mol. The van der Waals surface area contributed by atoms with Crippen molar-refractivity contribution >= 4 is 23.6 Å². The Morgan fingerprint density at radius 2 is 1.73 bits per heavy atom. The monoisotopic (exact) mass is 426 g/mol. The zero-order valence-corrected chi connectivity index (χ0v) is 19.4. The van der Waals surface area contributed by atoms with E-state index in [1.165, 1.54) is 16.7 Å². The fraction of sp³-hybridized carbons (Fsp3) is 0.440. The first-order chi connectivity index (χ1) is 14.4. The van der Waals surface area contributed by atoms with Crippen LogP contribution in [0.4, 0.5) is 0 Å². The van der Waals surface area contributed by atoms with Gasteiger partial charge in [-0.1, -0.05) is 73.5 Å². The van der Waals surface area contributed by atoms with Gasteiger partial charge in [0, 0.05) is 18.8 Å². The summed E-state index contributed by atoms with van der Waals surface area (Å²) in [4.78, 5) is 27.7. The molecule has 1 atom stereocenters. The van der Waals surface area contributed by atoms with Crippen LogP contribution in [-0.2, 0) is 21.9 Å². The molecule has 0 saturated carbocycles. The molecule has 0 spiro atoms. The van der Waals surface area contributed by atoms with Gasteiger partial charge in [-0.2, -0.15) is 0 Å². The highest BCUT2D eigenvalue weighted by Gasteiger charge is 2.28. The average Bonchev–Trinajstić information content (AvgIpc) is 2.73. The lowest BCUT2D eigenvalue weighted by Gasteiger charge is -2.30. The zero-order chi connectivity index (χ0) is 21.9. The van der Waals surface area contributed by atoms with Crippen molar-refractivity contribution in [2.45, 2.75) is 58.9 Å². The Hall–Kier alpha value is -2.27. The van der Waals surface area contributed by atoms with E-state index in [1.54, 1.807) is 16.7 Å². The Kier molecular flexibility index (Phi) is 9.95. The molecule has 0 radical (unpaired) electrons. The van der Waals surface area contributed by atoms with Crippen molar-refractivity contribution in [3.05, 3.63) is 70.8 Å².